The number of aryl methyl sites for hydroxylation is 1. The van der Waals surface area contributed by atoms with Crippen molar-refractivity contribution in [1.82, 2.24) is 20.3 Å². The largest absolute Gasteiger partial charge is 0.378 e. The van der Waals surface area contributed by atoms with E-state index in [2.05, 4.69) is 51.5 Å². The topological polar surface area (TPSA) is 90.9 Å². The van der Waals surface area contributed by atoms with Crippen LogP contribution < -0.4 is 11.1 Å². The Morgan fingerprint density at radius 1 is 1.24 bits per heavy atom. The normalized spacial score (nSPS) is 17.6. The molecule has 6 nitrogen and oxygen atoms in total. The molecule has 1 atom stereocenters. The minimum absolute atomic E-state index is 0.0455. The molecule has 0 bridgehead atoms. The number of ether oxygens (including phenoxy) is 1. The number of benzene rings is 1. The molecule has 1 aliphatic rings. The van der Waals surface area contributed by atoms with Crippen molar-refractivity contribution >= 4 is 5.95 Å². The van der Waals surface area contributed by atoms with Gasteiger partial charge in [0.05, 0.1) is 24.9 Å². The van der Waals surface area contributed by atoms with Crippen molar-refractivity contribution in [3.05, 3.63) is 54.0 Å². The van der Waals surface area contributed by atoms with Crippen molar-refractivity contribution < 1.29 is 4.74 Å². The zero-order valence-electron chi connectivity index (χ0n) is 14.1. The molecule has 3 heterocycles. The maximum atomic E-state index is 5.85. The minimum Gasteiger partial charge on any atom is -0.378 e. The molecule has 3 N–H and O–H groups in total. The smallest absolute Gasteiger partial charge is 0.220 e. The standard InChI is InChI=1S/C19H20N5O/c1-12-3-2-4-13(7-12)15-10-23-19(20)24-18(15)14-8-16(22-9-14)17-11-25-6-5-21-17/h2-4,7-10,17,22H,5-6,11H2,1H3,(H2,20,23,24). The molecule has 3 aromatic rings. The van der Waals surface area contributed by atoms with Gasteiger partial charge in [0.15, 0.2) is 0 Å². The highest BCUT2D eigenvalue weighted by atomic mass is 16.5. The molecule has 1 unspecified atom stereocenters. The van der Waals surface area contributed by atoms with Gasteiger partial charge in [-0.2, -0.15) is 0 Å². The van der Waals surface area contributed by atoms with E-state index in [0.717, 1.165) is 34.6 Å². The quantitative estimate of drug-likeness (QED) is 0.770. The van der Waals surface area contributed by atoms with Gasteiger partial charge in [0.2, 0.25) is 5.95 Å². The molecule has 0 spiro atoms. The summed E-state index contributed by atoms with van der Waals surface area (Å²) in [5.41, 5.74) is 11.9. The highest BCUT2D eigenvalue weighted by molar-refractivity contribution is 5.81. The van der Waals surface area contributed by atoms with Crippen molar-refractivity contribution in [1.29, 1.82) is 0 Å². The predicted molar refractivity (Wildman–Crippen MR) is 97.0 cm³/mol. The average Bonchev–Trinajstić information content (AvgIpc) is 3.12. The lowest BCUT2D eigenvalue weighted by Crippen LogP contribution is -2.29. The summed E-state index contributed by atoms with van der Waals surface area (Å²) < 4.78 is 5.52. The van der Waals surface area contributed by atoms with Crippen LogP contribution in [0.4, 0.5) is 5.95 Å². The monoisotopic (exact) mass is 334 g/mol. The van der Waals surface area contributed by atoms with Crippen LogP contribution in [0.25, 0.3) is 22.4 Å². The number of morpholine rings is 1. The summed E-state index contributed by atoms with van der Waals surface area (Å²) in [7, 11) is 0. The van der Waals surface area contributed by atoms with Crippen LogP contribution in [0.1, 0.15) is 17.3 Å². The zero-order chi connectivity index (χ0) is 17.2. The second kappa shape index (κ2) is 6.66. The van der Waals surface area contributed by atoms with E-state index in [4.69, 9.17) is 10.5 Å². The summed E-state index contributed by atoms with van der Waals surface area (Å²) >= 11 is 0. The number of hydrogen-bond donors (Lipinski definition) is 2. The number of nitrogens with two attached hydrogens (primary N) is 1. The molecular weight excluding hydrogens is 314 g/mol. The van der Waals surface area contributed by atoms with E-state index in [0.29, 0.717) is 13.2 Å². The number of rotatable bonds is 3. The molecule has 0 amide bonds. The Morgan fingerprint density at radius 2 is 2.16 bits per heavy atom. The van der Waals surface area contributed by atoms with Crippen LogP contribution in [0.3, 0.4) is 0 Å². The summed E-state index contributed by atoms with van der Waals surface area (Å²) in [5.74, 6) is 0.264. The molecule has 1 aromatic carbocycles. The molecule has 0 saturated carbocycles. The van der Waals surface area contributed by atoms with E-state index in [1.165, 1.54) is 5.56 Å². The van der Waals surface area contributed by atoms with Gasteiger partial charge in [0.1, 0.15) is 0 Å². The number of H-pyrrole nitrogens is 1. The summed E-state index contributed by atoms with van der Waals surface area (Å²) in [6.07, 6.45) is 3.73. The van der Waals surface area contributed by atoms with Gasteiger partial charge in [-0.3, -0.25) is 0 Å². The first-order chi connectivity index (χ1) is 12.2. The van der Waals surface area contributed by atoms with Gasteiger partial charge >= 0.3 is 0 Å². The number of hydrogen-bond acceptors (Lipinski definition) is 4. The van der Waals surface area contributed by atoms with Crippen molar-refractivity contribution in [2.45, 2.75) is 13.0 Å². The Balaban J connectivity index is 1.75. The molecule has 2 aromatic heterocycles. The fraction of sp³-hybridized carbons (Fsp3) is 0.263. The second-order valence-electron chi connectivity index (χ2n) is 6.20. The Morgan fingerprint density at radius 3 is 2.96 bits per heavy atom. The maximum absolute atomic E-state index is 5.85. The van der Waals surface area contributed by atoms with E-state index in [1.54, 1.807) is 6.20 Å². The van der Waals surface area contributed by atoms with Crippen molar-refractivity contribution in [3.8, 4) is 22.4 Å². The molecule has 4 rings (SSSR count). The van der Waals surface area contributed by atoms with Gasteiger partial charge in [0, 0.05) is 35.8 Å². The Bertz CT molecular complexity index is 883. The second-order valence-corrected chi connectivity index (χ2v) is 6.20. The first-order valence-electron chi connectivity index (χ1n) is 8.33. The number of aromatic nitrogens is 3. The van der Waals surface area contributed by atoms with Crippen LogP contribution >= 0.6 is 0 Å². The highest BCUT2D eigenvalue weighted by Crippen LogP contribution is 2.32. The van der Waals surface area contributed by atoms with Gasteiger partial charge in [0.25, 0.3) is 0 Å². The molecule has 25 heavy (non-hydrogen) atoms. The molecule has 127 valence electrons. The van der Waals surface area contributed by atoms with Gasteiger partial charge in [-0.25, -0.2) is 15.3 Å². The van der Waals surface area contributed by atoms with E-state index < -0.39 is 0 Å². The summed E-state index contributed by atoms with van der Waals surface area (Å²) in [5, 5.41) is 4.60. The van der Waals surface area contributed by atoms with Crippen LogP contribution in [0, 0.1) is 6.92 Å². The van der Waals surface area contributed by atoms with Crippen LogP contribution in [0.15, 0.2) is 42.7 Å². The predicted octanol–water partition coefficient (Wildman–Crippen LogP) is 2.71. The minimum atomic E-state index is 0.0455. The number of nitrogen functional groups attached to an aromatic ring is 1. The van der Waals surface area contributed by atoms with E-state index in [-0.39, 0.29) is 12.0 Å². The summed E-state index contributed by atoms with van der Waals surface area (Å²) in [4.78, 5) is 12.0. The number of nitrogens with one attached hydrogen (secondary N) is 1. The third-order valence-corrected chi connectivity index (χ3v) is 4.34. The Kier molecular flexibility index (Phi) is 4.21. The molecule has 0 aliphatic carbocycles. The van der Waals surface area contributed by atoms with Crippen LogP contribution in [0.5, 0.6) is 0 Å². The first kappa shape index (κ1) is 15.8. The van der Waals surface area contributed by atoms with Crippen LogP contribution in [-0.4, -0.2) is 34.7 Å². The van der Waals surface area contributed by atoms with Crippen molar-refractivity contribution in [3.63, 3.8) is 0 Å². The van der Waals surface area contributed by atoms with Gasteiger partial charge in [-0.15, -0.1) is 0 Å². The van der Waals surface area contributed by atoms with Gasteiger partial charge < -0.3 is 15.5 Å². The van der Waals surface area contributed by atoms with Crippen molar-refractivity contribution in [2.75, 3.05) is 25.5 Å². The SMILES string of the molecule is Cc1cccc(-c2cnc(N)nc2-c2c[nH]c(C3COCC[N]3)c2)c1. The van der Waals surface area contributed by atoms with E-state index in [1.807, 2.05) is 12.3 Å². The van der Waals surface area contributed by atoms with Gasteiger partial charge in [-0.1, -0.05) is 29.8 Å². The maximum Gasteiger partial charge on any atom is 0.220 e. The number of anilines is 1. The fourth-order valence-corrected chi connectivity index (χ4v) is 3.09. The summed E-state index contributed by atoms with van der Waals surface area (Å²) in [6, 6.07) is 10.4. The van der Waals surface area contributed by atoms with Crippen LogP contribution in [-0.2, 0) is 4.74 Å². The molecule has 1 radical (unpaired) electrons. The average molecular weight is 334 g/mol. The molecule has 1 fully saturated rings. The number of nitrogens with zero attached hydrogens (tertiary/aromatic N) is 3. The third kappa shape index (κ3) is 3.26. The lowest BCUT2D eigenvalue weighted by Gasteiger charge is -2.20. The Hall–Kier alpha value is -2.70. The number of aromatic amines is 1. The third-order valence-electron chi connectivity index (χ3n) is 4.34. The van der Waals surface area contributed by atoms with Crippen molar-refractivity contribution in [2.24, 2.45) is 0 Å². The van der Waals surface area contributed by atoms with Gasteiger partial charge in [-0.05, 0) is 18.6 Å². The molecular formula is C19H20N5O. The Labute approximate surface area is 146 Å². The lowest BCUT2D eigenvalue weighted by atomic mass is 10.0. The van der Waals surface area contributed by atoms with E-state index >= 15 is 0 Å². The summed E-state index contributed by atoms with van der Waals surface area (Å²) in [6.45, 7) is 4.11. The lowest BCUT2D eigenvalue weighted by molar-refractivity contribution is 0.0734. The highest BCUT2D eigenvalue weighted by Gasteiger charge is 2.20. The molecule has 1 saturated heterocycles. The molecule has 6 heteroatoms. The fourth-order valence-electron chi connectivity index (χ4n) is 3.09. The van der Waals surface area contributed by atoms with E-state index in [9.17, 15) is 0 Å². The first-order valence-corrected chi connectivity index (χ1v) is 8.33. The molecule has 1 aliphatic heterocycles. The zero-order valence-corrected chi connectivity index (χ0v) is 14.1. The van der Waals surface area contributed by atoms with Crippen LogP contribution in [0.2, 0.25) is 0 Å².